The van der Waals surface area contributed by atoms with E-state index in [4.69, 9.17) is 0 Å². The Morgan fingerprint density at radius 1 is 0.288 bits per heavy atom. The Bertz CT molecular complexity index is 2890. The van der Waals surface area contributed by atoms with Crippen LogP contribution in [0.15, 0.2) is 200 Å². The molecule has 10 rings (SSSR count). The number of hydrogen-bond donors (Lipinski definition) is 0. The van der Waals surface area contributed by atoms with Gasteiger partial charge in [-0.1, -0.05) is 140 Å². The zero-order chi connectivity index (χ0) is 34.4. The Balaban J connectivity index is 1.07. The van der Waals surface area contributed by atoms with Crippen LogP contribution in [0.2, 0.25) is 0 Å². The number of thiophene rings is 1. The summed E-state index contributed by atoms with van der Waals surface area (Å²) in [5, 5.41) is 7.66. The van der Waals surface area contributed by atoms with Crippen molar-refractivity contribution in [1.29, 1.82) is 0 Å². The molecule has 0 unspecified atom stereocenters. The molecule has 9 aromatic carbocycles. The molecule has 2 heteroatoms. The molecule has 1 heterocycles. The summed E-state index contributed by atoms with van der Waals surface area (Å²) in [6.07, 6.45) is 0. The summed E-state index contributed by atoms with van der Waals surface area (Å²) in [6, 6.07) is 73.0. The summed E-state index contributed by atoms with van der Waals surface area (Å²) in [7, 11) is 0. The normalized spacial score (nSPS) is 11.5. The first-order valence-corrected chi connectivity index (χ1v) is 18.6. The number of hydrogen-bond acceptors (Lipinski definition) is 2. The quantitative estimate of drug-likeness (QED) is 0.169. The lowest BCUT2D eigenvalue weighted by atomic mass is 9.98. The minimum Gasteiger partial charge on any atom is -0.310 e. The fraction of sp³-hybridized carbons (Fsp3) is 0. The fourth-order valence-corrected chi connectivity index (χ4v) is 8.70. The van der Waals surface area contributed by atoms with Gasteiger partial charge in [0.2, 0.25) is 0 Å². The van der Waals surface area contributed by atoms with Crippen LogP contribution in [0.3, 0.4) is 0 Å². The van der Waals surface area contributed by atoms with E-state index in [2.05, 4.69) is 205 Å². The molecule has 0 saturated heterocycles. The molecule has 244 valence electrons. The topological polar surface area (TPSA) is 3.24 Å². The summed E-state index contributed by atoms with van der Waals surface area (Å²) in [6.45, 7) is 0. The van der Waals surface area contributed by atoms with Gasteiger partial charge < -0.3 is 4.90 Å². The van der Waals surface area contributed by atoms with Crippen molar-refractivity contribution in [1.82, 2.24) is 0 Å². The lowest BCUT2D eigenvalue weighted by molar-refractivity contribution is 1.28. The average molecular weight is 680 g/mol. The smallest absolute Gasteiger partial charge is 0.0467 e. The zero-order valence-electron chi connectivity index (χ0n) is 28.4. The van der Waals surface area contributed by atoms with Crippen LogP contribution in [0.25, 0.3) is 75.1 Å². The molecule has 0 fully saturated rings. The van der Waals surface area contributed by atoms with Gasteiger partial charge in [-0.05, 0) is 116 Å². The largest absolute Gasteiger partial charge is 0.310 e. The maximum Gasteiger partial charge on any atom is 0.0467 e. The first kappa shape index (κ1) is 30.4. The lowest BCUT2D eigenvalue weighted by Gasteiger charge is -2.26. The van der Waals surface area contributed by atoms with Crippen molar-refractivity contribution in [3.05, 3.63) is 200 Å². The summed E-state index contributed by atoms with van der Waals surface area (Å²) < 4.78 is 2.65. The van der Waals surface area contributed by atoms with Crippen LogP contribution in [0, 0.1) is 0 Å². The summed E-state index contributed by atoms with van der Waals surface area (Å²) >= 11 is 1.86. The maximum atomic E-state index is 2.37. The number of anilines is 3. The van der Waals surface area contributed by atoms with E-state index in [-0.39, 0.29) is 0 Å². The van der Waals surface area contributed by atoms with E-state index in [1.54, 1.807) is 0 Å². The first-order chi connectivity index (χ1) is 25.7. The third-order valence-corrected chi connectivity index (χ3v) is 11.4. The first-order valence-electron chi connectivity index (χ1n) is 17.7. The molecule has 1 aromatic heterocycles. The molecule has 0 bridgehead atoms. The van der Waals surface area contributed by atoms with Crippen molar-refractivity contribution in [2.24, 2.45) is 0 Å². The van der Waals surface area contributed by atoms with Gasteiger partial charge in [-0.2, -0.15) is 0 Å². The molecular weight excluding hydrogens is 647 g/mol. The molecule has 0 saturated carbocycles. The molecule has 0 N–H and O–H groups in total. The third-order valence-electron chi connectivity index (χ3n) is 10.2. The van der Waals surface area contributed by atoms with Crippen molar-refractivity contribution in [3.8, 4) is 33.4 Å². The lowest BCUT2D eigenvalue weighted by Crippen LogP contribution is -2.10. The minimum absolute atomic E-state index is 1.11. The van der Waals surface area contributed by atoms with Crippen molar-refractivity contribution < 1.29 is 0 Å². The van der Waals surface area contributed by atoms with Gasteiger partial charge in [0.15, 0.2) is 0 Å². The minimum atomic E-state index is 1.11. The van der Waals surface area contributed by atoms with E-state index < -0.39 is 0 Å². The number of fused-ring (bicyclic) bond motifs is 5. The second kappa shape index (κ2) is 12.7. The second-order valence-corrected chi connectivity index (χ2v) is 14.5. The third kappa shape index (κ3) is 5.42. The SMILES string of the molecule is c1cc(-c2ccc3sc4ccccc4c3c2)cc(N(c2ccc(-c3ccc4ccccc4c3)cc2)c2ccc(-c3cccc4ccccc34)cc2)c1. The van der Waals surface area contributed by atoms with Crippen LogP contribution in [0.1, 0.15) is 0 Å². The molecular formula is C50H33NS. The van der Waals surface area contributed by atoms with Crippen molar-refractivity contribution in [2.75, 3.05) is 4.90 Å². The van der Waals surface area contributed by atoms with Crippen LogP contribution < -0.4 is 4.90 Å². The molecule has 0 spiro atoms. The van der Waals surface area contributed by atoms with Gasteiger partial charge >= 0.3 is 0 Å². The maximum absolute atomic E-state index is 2.37. The van der Waals surface area contributed by atoms with Gasteiger partial charge in [0, 0.05) is 37.2 Å². The van der Waals surface area contributed by atoms with Gasteiger partial charge in [0.1, 0.15) is 0 Å². The van der Waals surface area contributed by atoms with Crippen LogP contribution in [-0.4, -0.2) is 0 Å². The second-order valence-electron chi connectivity index (χ2n) is 13.4. The van der Waals surface area contributed by atoms with E-state index in [1.165, 1.54) is 75.1 Å². The predicted octanol–water partition coefficient (Wildman–Crippen LogP) is 14.8. The van der Waals surface area contributed by atoms with Crippen LogP contribution in [0.4, 0.5) is 17.1 Å². The molecule has 0 radical (unpaired) electrons. The summed E-state index contributed by atoms with van der Waals surface area (Å²) in [4.78, 5) is 2.37. The molecule has 0 amide bonds. The Hall–Kier alpha value is -6.48. The molecule has 10 aromatic rings. The van der Waals surface area contributed by atoms with Gasteiger partial charge in [-0.25, -0.2) is 0 Å². The highest BCUT2D eigenvalue weighted by atomic mass is 32.1. The van der Waals surface area contributed by atoms with Crippen LogP contribution >= 0.6 is 11.3 Å². The van der Waals surface area contributed by atoms with Crippen LogP contribution in [-0.2, 0) is 0 Å². The van der Waals surface area contributed by atoms with Gasteiger partial charge in [-0.15, -0.1) is 11.3 Å². The fourth-order valence-electron chi connectivity index (χ4n) is 7.62. The zero-order valence-corrected chi connectivity index (χ0v) is 29.2. The van der Waals surface area contributed by atoms with Gasteiger partial charge in [0.25, 0.3) is 0 Å². The Labute approximate surface area is 307 Å². The molecule has 0 aliphatic heterocycles. The predicted molar refractivity (Wildman–Crippen MR) is 225 cm³/mol. The van der Waals surface area contributed by atoms with E-state index in [0.717, 1.165) is 17.1 Å². The highest BCUT2D eigenvalue weighted by molar-refractivity contribution is 7.25. The molecule has 0 atom stereocenters. The standard InChI is InChI=1S/C50H33NS/c1-2-11-38-31-40(20-19-34(38)9-1)35-21-26-42(27-22-35)51(43-28-23-37(24-29-43)46-17-8-12-36-10-3-4-15-45(36)46)44-14-7-13-39(32-44)41-25-30-50-48(33-41)47-16-5-6-18-49(47)52-50/h1-33H. The van der Waals surface area contributed by atoms with Crippen molar-refractivity contribution >= 4 is 70.1 Å². The van der Waals surface area contributed by atoms with E-state index in [0.29, 0.717) is 0 Å². The van der Waals surface area contributed by atoms with Crippen molar-refractivity contribution in [3.63, 3.8) is 0 Å². The van der Waals surface area contributed by atoms with Crippen LogP contribution in [0.5, 0.6) is 0 Å². The highest BCUT2D eigenvalue weighted by Gasteiger charge is 2.16. The Morgan fingerprint density at radius 2 is 0.865 bits per heavy atom. The number of nitrogens with zero attached hydrogens (tertiary/aromatic N) is 1. The highest BCUT2D eigenvalue weighted by Crippen LogP contribution is 2.41. The average Bonchev–Trinajstić information content (AvgIpc) is 3.59. The number of benzene rings is 9. The molecule has 1 nitrogen and oxygen atoms in total. The van der Waals surface area contributed by atoms with Gasteiger partial charge in [-0.3, -0.25) is 0 Å². The van der Waals surface area contributed by atoms with E-state index >= 15 is 0 Å². The monoisotopic (exact) mass is 679 g/mol. The summed E-state index contributed by atoms with van der Waals surface area (Å²) in [5.41, 5.74) is 10.6. The van der Waals surface area contributed by atoms with E-state index in [9.17, 15) is 0 Å². The Kier molecular flexibility index (Phi) is 7.41. The molecule has 0 aliphatic carbocycles. The van der Waals surface area contributed by atoms with Crippen molar-refractivity contribution in [2.45, 2.75) is 0 Å². The molecule has 0 aliphatic rings. The summed E-state index contributed by atoms with van der Waals surface area (Å²) in [5.74, 6) is 0. The Morgan fingerprint density at radius 3 is 1.69 bits per heavy atom. The molecule has 52 heavy (non-hydrogen) atoms. The van der Waals surface area contributed by atoms with Gasteiger partial charge in [0.05, 0.1) is 0 Å². The van der Waals surface area contributed by atoms with E-state index in [1.807, 2.05) is 11.3 Å². The number of rotatable bonds is 6.